The number of hydrogen-bond donors (Lipinski definition) is 2. The van der Waals surface area contributed by atoms with Crippen LogP contribution in [-0.4, -0.2) is 32.6 Å². The number of amides is 1. The van der Waals surface area contributed by atoms with E-state index in [1.807, 2.05) is 24.3 Å². The number of carbonyl (C=O) groups is 1. The van der Waals surface area contributed by atoms with Crippen LogP contribution in [0.5, 0.6) is 0 Å². The van der Waals surface area contributed by atoms with E-state index in [4.69, 9.17) is 11.6 Å². The zero-order valence-corrected chi connectivity index (χ0v) is 11.8. The Hall–Kier alpha value is -2.47. The molecule has 0 aliphatic rings. The normalized spacial score (nSPS) is 10.7. The standard InChI is InChI=1S/C14H12ClN5O/c15-12-7-10(9-3-1-2-4-11(9)19-12)14(21)16-6-5-13-17-8-18-20-13/h1-4,7-8H,5-6H2,(H,16,21)(H,17,18,20). The van der Waals surface area contributed by atoms with Crippen molar-refractivity contribution in [3.63, 3.8) is 0 Å². The van der Waals surface area contributed by atoms with E-state index in [9.17, 15) is 4.79 Å². The number of benzene rings is 1. The van der Waals surface area contributed by atoms with Crippen molar-refractivity contribution in [2.75, 3.05) is 6.54 Å². The van der Waals surface area contributed by atoms with Gasteiger partial charge in [0.15, 0.2) is 0 Å². The number of carbonyl (C=O) groups excluding carboxylic acids is 1. The molecule has 7 heteroatoms. The van der Waals surface area contributed by atoms with Crippen LogP contribution in [0.25, 0.3) is 10.9 Å². The molecule has 0 aliphatic heterocycles. The lowest BCUT2D eigenvalue weighted by Crippen LogP contribution is -2.26. The second kappa shape index (κ2) is 5.88. The van der Waals surface area contributed by atoms with Crippen LogP contribution in [0.1, 0.15) is 16.2 Å². The van der Waals surface area contributed by atoms with E-state index < -0.39 is 0 Å². The molecular formula is C14H12ClN5O. The molecule has 2 N–H and O–H groups in total. The zero-order chi connectivity index (χ0) is 14.7. The van der Waals surface area contributed by atoms with Crippen LogP contribution in [0.3, 0.4) is 0 Å². The second-order valence-electron chi connectivity index (χ2n) is 4.45. The van der Waals surface area contributed by atoms with E-state index in [-0.39, 0.29) is 5.91 Å². The van der Waals surface area contributed by atoms with Gasteiger partial charge in [0, 0.05) is 18.4 Å². The Morgan fingerprint density at radius 3 is 3.00 bits per heavy atom. The van der Waals surface area contributed by atoms with Gasteiger partial charge in [-0.25, -0.2) is 9.97 Å². The molecule has 3 aromatic rings. The molecule has 0 spiro atoms. The number of H-pyrrole nitrogens is 1. The number of halogens is 1. The molecule has 3 rings (SSSR count). The number of aromatic amines is 1. The highest BCUT2D eigenvalue weighted by atomic mass is 35.5. The first kappa shape index (κ1) is 13.5. The maximum atomic E-state index is 12.3. The van der Waals surface area contributed by atoms with Gasteiger partial charge in [0.25, 0.3) is 5.91 Å². The van der Waals surface area contributed by atoms with E-state index in [1.165, 1.54) is 6.33 Å². The Morgan fingerprint density at radius 2 is 2.19 bits per heavy atom. The summed E-state index contributed by atoms with van der Waals surface area (Å²) in [5.41, 5.74) is 1.22. The minimum atomic E-state index is -0.185. The highest BCUT2D eigenvalue weighted by Gasteiger charge is 2.12. The van der Waals surface area contributed by atoms with Crippen molar-refractivity contribution in [2.45, 2.75) is 6.42 Å². The van der Waals surface area contributed by atoms with Crippen molar-refractivity contribution >= 4 is 28.4 Å². The molecule has 1 amide bonds. The highest BCUT2D eigenvalue weighted by Crippen LogP contribution is 2.20. The molecular weight excluding hydrogens is 290 g/mol. The van der Waals surface area contributed by atoms with Gasteiger partial charge in [-0.05, 0) is 12.1 Å². The third kappa shape index (κ3) is 3.00. The Bertz CT molecular complexity index is 772. The molecule has 2 aromatic heterocycles. The average Bonchev–Trinajstić information content (AvgIpc) is 2.99. The molecule has 0 radical (unpaired) electrons. The molecule has 0 unspecified atom stereocenters. The molecule has 0 aliphatic carbocycles. The third-order valence-corrected chi connectivity index (χ3v) is 3.24. The summed E-state index contributed by atoms with van der Waals surface area (Å²) in [5, 5.41) is 10.4. The molecule has 0 bridgehead atoms. The van der Waals surface area contributed by atoms with Crippen LogP contribution < -0.4 is 5.32 Å². The summed E-state index contributed by atoms with van der Waals surface area (Å²) in [6, 6.07) is 8.98. The smallest absolute Gasteiger partial charge is 0.252 e. The van der Waals surface area contributed by atoms with Crippen molar-refractivity contribution in [3.05, 3.63) is 53.2 Å². The summed E-state index contributed by atoms with van der Waals surface area (Å²) in [4.78, 5) is 20.5. The number of pyridine rings is 1. The highest BCUT2D eigenvalue weighted by molar-refractivity contribution is 6.30. The lowest BCUT2D eigenvalue weighted by atomic mass is 10.1. The Kier molecular flexibility index (Phi) is 3.79. The average molecular weight is 302 g/mol. The quantitative estimate of drug-likeness (QED) is 0.722. The first-order valence-corrected chi connectivity index (χ1v) is 6.79. The van der Waals surface area contributed by atoms with Gasteiger partial charge in [-0.2, -0.15) is 5.10 Å². The maximum absolute atomic E-state index is 12.3. The molecule has 106 valence electrons. The predicted octanol–water partition coefficient (Wildman–Crippen LogP) is 1.98. The van der Waals surface area contributed by atoms with E-state index >= 15 is 0 Å². The fourth-order valence-electron chi connectivity index (χ4n) is 2.07. The van der Waals surface area contributed by atoms with E-state index in [0.29, 0.717) is 29.2 Å². The Morgan fingerprint density at radius 1 is 1.33 bits per heavy atom. The monoisotopic (exact) mass is 301 g/mol. The van der Waals surface area contributed by atoms with Crippen molar-refractivity contribution < 1.29 is 4.79 Å². The molecule has 6 nitrogen and oxygen atoms in total. The van der Waals surface area contributed by atoms with Crippen LogP contribution >= 0.6 is 11.6 Å². The van der Waals surface area contributed by atoms with E-state index in [2.05, 4.69) is 25.5 Å². The molecule has 0 fully saturated rings. The van der Waals surface area contributed by atoms with Crippen molar-refractivity contribution in [3.8, 4) is 0 Å². The number of rotatable bonds is 4. The van der Waals surface area contributed by atoms with Crippen LogP contribution in [-0.2, 0) is 6.42 Å². The van der Waals surface area contributed by atoms with Gasteiger partial charge in [-0.15, -0.1) is 0 Å². The summed E-state index contributed by atoms with van der Waals surface area (Å²) in [6.45, 7) is 0.461. The first-order valence-electron chi connectivity index (χ1n) is 6.42. The van der Waals surface area contributed by atoms with Crippen molar-refractivity contribution in [1.29, 1.82) is 0 Å². The summed E-state index contributed by atoms with van der Waals surface area (Å²) in [7, 11) is 0. The Labute approximate surface area is 125 Å². The first-order chi connectivity index (χ1) is 10.2. The van der Waals surface area contributed by atoms with Gasteiger partial charge < -0.3 is 5.32 Å². The molecule has 21 heavy (non-hydrogen) atoms. The van der Waals surface area contributed by atoms with Crippen LogP contribution in [0, 0.1) is 0 Å². The van der Waals surface area contributed by atoms with Crippen molar-refractivity contribution in [1.82, 2.24) is 25.5 Å². The minimum Gasteiger partial charge on any atom is -0.352 e. The van der Waals surface area contributed by atoms with E-state index in [0.717, 1.165) is 11.2 Å². The zero-order valence-electron chi connectivity index (χ0n) is 11.0. The van der Waals surface area contributed by atoms with Gasteiger partial charge in [0.1, 0.15) is 17.3 Å². The molecule has 0 saturated carbocycles. The van der Waals surface area contributed by atoms with Crippen LogP contribution in [0.2, 0.25) is 5.15 Å². The summed E-state index contributed by atoms with van der Waals surface area (Å²) < 4.78 is 0. The fraction of sp³-hybridized carbons (Fsp3) is 0.143. The van der Waals surface area contributed by atoms with Crippen LogP contribution in [0.4, 0.5) is 0 Å². The van der Waals surface area contributed by atoms with Crippen LogP contribution in [0.15, 0.2) is 36.7 Å². The number of nitrogens with zero attached hydrogens (tertiary/aromatic N) is 3. The largest absolute Gasteiger partial charge is 0.352 e. The second-order valence-corrected chi connectivity index (χ2v) is 4.84. The molecule has 0 atom stereocenters. The summed E-state index contributed by atoms with van der Waals surface area (Å²) in [5.74, 6) is 0.544. The van der Waals surface area contributed by atoms with Gasteiger partial charge in [0.05, 0.1) is 11.1 Å². The van der Waals surface area contributed by atoms with E-state index in [1.54, 1.807) is 6.07 Å². The lowest BCUT2D eigenvalue weighted by molar-refractivity contribution is 0.0955. The third-order valence-electron chi connectivity index (χ3n) is 3.04. The van der Waals surface area contributed by atoms with Gasteiger partial charge in [0.2, 0.25) is 0 Å². The number of hydrogen-bond acceptors (Lipinski definition) is 4. The SMILES string of the molecule is O=C(NCCc1ncn[nH]1)c1cc(Cl)nc2ccccc12. The lowest BCUT2D eigenvalue weighted by Gasteiger charge is -2.07. The van der Waals surface area contributed by atoms with Gasteiger partial charge >= 0.3 is 0 Å². The topological polar surface area (TPSA) is 83.6 Å². The summed E-state index contributed by atoms with van der Waals surface area (Å²) >= 11 is 5.97. The van der Waals surface area contributed by atoms with Gasteiger partial charge in [-0.3, -0.25) is 9.89 Å². The molecule has 2 heterocycles. The number of para-hydroxylation sites is 1. The van der Waals surface area contributed by atoms with Crippen molar-refractivity contribution in [2.24, 2.45) is 0 Å². The summed E-state index contributed by atoms with van der Waals surface area (Å²) in [6.07, 6.45) is 2.02. The predicted molar refractivity (Wildman–Crippen MR) is 79.2 cm³/mol. The maximum Gasteiger partial charge on any atom is 0.252 e. The number of aromatic nitrogens is 4. The molecule has 0 saturated heterocycles. The minimum absolute atomic E-state index is 0.185. The van der Waals surface area contributed by atoms with Gasteiger partial charge in [-0.1, -0.05) is 29.8 Å². The number of nitrogens with one attached hydrogen (secondary N) is 2. The fourth-order valence-corrected chi connectivity index (χ4v) is 2.27. The number of fused-ring (bicyclic) bond motifs is 1. The Balaban J connectivity index is 1.78. The molecule has 1 aromatic carbocycles.